The number of benzene rings is 1. The van der Waals surface area contributed by atoms with E-state index in [4.69, 9.17) is 0 Å². The average molecular weight is 369 g/mol. The van der Waals surface area contributed by atoms with Crippen LogP contribution in [0.15, 0.2) is 57.2 Å². The van der Waals surface area contributed by atoms with Crippen LogP contribution in [-0.4, -0.2) is 37.8 Å². The normalized spacial score (nSPS) is 11.7. The second-order valence-corrected chi connectivity index (χ2v) is 8.53. The number of nitrogens with zero attached hydrogens (tertiary/aromatic N) is 1. The van der Waals surface area contributed by atoms with Crippen LogP contribution in [0.2, 0.25) is 0 Å². The van der Waals surface area contributed by atoms with Gasteiger partial charge in [-0.1, -0.05) is 18.2 Å². The highest BCUT2D eigenvalue weighted by molar-refractivity contribution is 8.01. The van der Waals surface area contributed by atoms with E-state index in [0.29, 0.717) is 10.6 Å². The lowest BCUT2D eigenvalue weighted by molar-refractivity contribution is -0.118. The fourth-order valence-electron chi connectivity index (χ4n) is 1.64. The van der Waals surface area contributed by atoms with Gasteiger partial charge in [-0.3, -0.25) is 4.79 Å². The van der Waals surface area contributed by atoms with E-state index < -0.39 is 9.84 Å². The van der Waals surface area contributed by atoms with Gasteiger partial charge in [-0.15, -0.1) is 0 Å². The molecule has 0 aliphatic rings. The molecule has 8 heteroatoms. The van der Waals surface area contributed by atoms with Crippen molar-refractivity contribution in [3.8, 4) is 0 Å². The first-order valence-electron chi connectivity index (χ1n) is 6.77. The first-order valence-corrected chi connectivity index (χ1v) is 10.5. The van der Waals surface area contributed by atoms with Crippen LogP contribution in [0.25, 0.3) is 0 Å². The number of hydrazone groups is 1. The summed E-state index contributed by atoms with van der Waals surface area (Å²) in [5.41, 5.74) is 3.34. The number of amides is 1. The lowest BCUT2D eigenvalue weighted by Gasteiger charge is -2.04. The lowest BCUT2D eigenvalue weighted by atomic mass is 10.4. The summed E-state index contributed by atoms with van der Waals surface area (Å²) < 4.78 is 24.1. The van der Waals surface area contributed by atoms with Crippen molar-refractivity contribution in [3.63, 3.8) is 0 Å². The molecule has 0 radical (unpaired) electrons. The zero-order chi connectivity index (χ0) is 16.5. The third-order valence-corrected chi connectivity index (χ3v) is 6.43. The van der Waals surface area contributed by atoms with Gasteiger partial charge >= 0.3 is 0 Å². The summed E-state index contributed by atoms with van der Waals surface area (Å²) in [5.74, 6) is 0.288. The standard InChI is InChI=1S/C15H16N2O3S3/c18-15(17-16-10-13-6-7-21-11-13)12-22-8-9-23(19,20)14-4-2-1-3-5-14/h1-7,10-11H,8-9,12H2,(H,17,18)/b16-10+. The summed E-state index contributed by atoms with van der Waals surface area (Å²) in [6, 6.07) is 10.2. The van der Waals surface area contributed by atoms with E-state index in [-0.39, 0.29) is 17.4 Å². The van der Waals surface area contributed by atoms with Gasteiger partial charge in [0, 0.05) is 11.3 Å². The third-order valence-electron chi connectivity index (χ3n) is 2.78. The molecule has 0 aliphatic heterocycles. The average Bonchev–Trinajstić information content (AvgIpc) is 3.06. The number of hydrogen-bond acceptors (Lipinski definition) is 6. The van der Waals surface area contributed by atoms with Crippen LogP contribution in [0.4, 0.5) is 0 Å². The van der Waals surface area contributed by atoms with Crippen molar-refractivity contribution in [2.75, 3.05) is 17.3 Å². The minimum absolute atomic E-state index is 0.00708. The van der Waals surface area contributed by atoms with Crippen molar-refractivity contribution < 1.29 is 13.2 Å². The van der Waals surface area contributed by atoms with Gasteiger partial charge in [0.05, 0.1) is 22.6 Å². The van der Waals surface area contributed by atoms with E-state index in [9.17, 15) is 13.2 Å². The smallest absolute Gasteiger partial charge is 0.250 e. The second-order valence-electron chi connectivity index (χ2n) is 4.53. The quantitative estimate of drug-likeness (QED) is 0.441. The highest BCUT2D eigenvalue weighted by Gasteiger charge is 2.13. The van der Waals surface area contributed by atoms with Gasteiger partial charge < -0.3 is 0 Å². The van der Waals surface area contributed by atoms with Crippen molar-refractivity contribution >= 4 is 45.1 Å². The summed E-state index contributed by atoms with van der Waals surface area (Å²) in [5, 5.41) is 7.68. The van der Waals surface area contributed by atoms with Crippen LogP contribution in [0.1, 0.15) is 5.56 Å². The molecule has 0 saturated heterocycles. The Morgan fingerprint density at radius 3 is 2.74 bits per heavy atom. The zero-order valence-electron chi connectivity index (χ0n) is 12.2. The Hall–Kier alpha value is -1.64. The Balaban J connectivity index is 1.68. The van der Waals surface area contributed by atoms with Crippen molar-refractivity contribution in [2.45, 2.75) is 4.90 Å². The molecule has 2 aromatic rings. The number of carbonyl (C=O) groups excluding carboxylic acids is 1. The molecule has 0 bridgehead atoms. The van der Waals surface area contributed by atoms with Crippen molar-refractivity contribution in [1.29, 1.82) is 0 Å². The van der Waals surface area contributed by atoms with Crippen LogP contribution >= 0.6 is 23.1 Å². The molecule has 0 atom stereocenters. The van der Waals surface area contributed by atoms with Gasteiger partial charge in [0.15, 0.2) is 9.84 Å². The van der Waals surface area contributed by atoms with Crippen molar-refractivity contribution in [1.82, 2.24) is 5.43 Å². The molecule has 0 unspecified atom stereocenters. The van der Waals surface area contributed by atoms with Crippen LogP contribution in [-0.2, 0) is 14.6 Å². The molecule has 1 aromatic carbocycles. The first kappa shape index (κ1) is 17.7. The highest BCUT2D eigenvalue weighted by atomic mass is 32.2. The second kappa shape index (κ2) is 8.85. The van der Waals surface area contributed by atoms with Gasteiger partial charge in [-0.25, -0.2) is 13.8 Å². The van der Waals surface area contributed by atoms with Crippen LogP contribution < -0.4 is 5.43 Å². The summed E-state index contributed by atoms with van der Waals surface area (Å²) in [6.45, 7) is 0. The Morgan fingerprint density at radius 1 is 1.26 bits per heavy atom. The molecule has 1 aromatic heterocycles. The van der Waals surface area contributed by atoms with E-state index in [0.717, 1.165) is 5.56 Å². The molecule has 23 heavy (non-hydrogen) atoms. The molecular formula is C15H16N2O3S3. The summed E-state index contributed by atoms with van der Waals surface area (Å²) in [7, 11) is -3.29. The molecule has 0 spiro atoms. The van der Waals surface area contributed by atoms with Crippen LogP contribution in [0, 0.1) is 0 Å². The van der Waals surface area contributed by atoms with Gasteiger partial charge in [0.25, 0.3) is 0 Å². The highest BCUT2D eigenvalue weighted by Crippen LogP contribution is 2.12. The number of nitrogens with one attached hydrogen (secondary N) is 1. The van der Waals surface area contributed by atoms with Gasteiger partial charge in [0.1, 0.15) is 0 Å². The fourth-order valence-corrected chi connectivity index (χ4v) is 4.80. The maximum Gasteiger partial charge on any atom is 0.250 e. The number of thiophene rings is 1. The summed E-state index contributed by atoms with van der Waals surface area (Å²) in [4.78, 5) is 11.9. The molecule has 122 valence electrons. The fraction of sp³-hybridized carbons (Fsp3) is 0.200. The number of rotatable bonds is 8. The number of hydrogen-bond donors (Lipinski definition) is 1. The molecule has 2 rings (SSSR count). The van der Waals surface area contributed by atoms with Crippen LogP contribution in [0.3, 0.4) is 0 Å². The topological polar surface area (TPSA) is 75.6 Å². The summed E-state index contributed by atoms with van der Waals surface area (Å²) in [6.07, 6.45) is 1.57. The Bertz CT molecular complexity index is 742. The molecule has 1 heterocycles. The predicted molar refractivity (Wildman–Crippen MR) is 95.9 cm³/mol. The minimum Gasteiger partial charge on any atom is -0.272 e. The van der Waals surface area contributed by atoms with E-state index in [1.54, 1.807) is 47.9 Å². The van der Waals surface area contributed by atoms with Gasteiger partial charge in [-0.2, -0.15) is 28.2 Å². The Labute approximate surface area is 143 Å². The molecule has 1 N–H and O–H groups in total. The van der Waals surface area contributed by atoms with Crippen molar-refractivity contribution in [3.05, 3.63) is 52.7 Å². The van der Waals surface area contributed by atoms with Gasteiger partial charge in [0.2, 0.25) is 5.91 Å². The molecule has 5 nitrogen and oxygen atoms in total. The third kappa shape index (κ3) is 6.17. The zero-order valence-corrected chi connectivity index (χ0v) is 14.7. The van der Waals surface area contributed by atoms with E-state index in [1.165, 1.54) is 11.8 Å². The molecule has 0 aliphatic carbocycles. The van der Waals surface area contributed by atoms with Crippen LogP contribution in [0.5, 0.6) is 0 Å². The van der Waals surface area contributed by atoms with E-state index >= 15 is 0 Å². The van der Waals surface area contributed by atoms with E-state index in [1.807, 2.05) is 16.8 Å². The SMILES string of the molecule is O=C(CSCCS(=O)(=O)c1ccccc1)N/N=C/c1ccsc1. The maximum atomic E-state index is 12.0. The molecule has 1 amide bonds. The number of carbonyl (C=O) groups is 1. The Kier molecular flexibility index (Phi) is 6.82. The largest absolute Gasteiger partial charge is 0.272 e. The predicted octanol–water partition coefficient (Wildman–Crippen LogP) is 2.41. The molecule has 0 saturated carbocycles. The molecular weight excluding hydrogens is 352 g/mol. The van der Waals surface area contributed by atoms with Crippen molar-refractivity contribution in [2.24, 2.45) is 5.10 Å². The number of sulfone groups is 1. The minimum atomic E-state index is -3.29. The van der Waals surface area contributed by atoms with E-state index in [2.05, 4.69) is 10.5 Å². The maximum absolute atomic E-state index is 12.0. The monoisotopic (exact) mass is 368 g/mol. The first-order chi connectivity index (χ1) is 11.1. The van der Waals surface area contributed by atoms with Gasteiger partial charge in [-0.05, 0) is 29.0 Å². The lowest BCUT2D eigenvalue weighted by Crippen LogP contribution is -2.20. The molecule has 0 fully saturated rings. The number of thioether (sulfide) groups is 1. The summed E-state index contributed by atoms with van der Waals surface area (Å²) >= 11 is 2.82. The Morgan fingerprint density at radius 2 is 2.04 bits per heavy atom.